The average Bonchev–Trinajstić information content (AvgIpc) is 2.91. The Morgan fingerprint density at radius 1 is 1.03 bits per heavy atom. The van der Waals surface area contributed by atoms with Gasteiger partial charge in [-0.15, -0.1) is 0 Å². The van der Waals surface area contributed by atoms with Crippen LogP contribution in [0.25, 0.3) is 0 Å². The summed E-state index contributed by atoms with van der Waals surface area (Å²) in [7, 11) is 2.07. The van der Waals surface area contributed by atoms with Gasteiger partial charge in [0.25, 0.3) is 0 Å². The molecule has 2 unspecified atom stereocenters. The molecule has 1 saturated heterocycles. The number of benzene rings is 2. The summed E-state index contributed by atoms with van der Waals surface area (Å²) >= 11 is 0. The second-order valence-corrected chi connectivity index (χ2v) is 8.47. The minimum atomic E-state index is -0.110. The van der Waals surface area contributed by atoms with Gasteiger partial charge in [0.15, 0.2) is 0 Å². The average molecular weight is 400 g/mol. The fourth-order valence-corrected chi connectivity index (χ4v) is 5.14. The molecule has 2 aromatic rings. The normalized spacial score (nSPS) is 23.2. The Hall–Kier alpha value is -3.14. The van der Waals surface area contributed by atoms with Gasteiger partial charge in [0.05, 0.1) is 23.7 Å². The van der Waals surface area contributed by atoms with Gasteiger partial charge in [-0.3, -0.25) is 5.01 Å². The van der Waals surface area contributed by atoms with E-state index in [0.29, 0.717) is 6.42 Å². The largest absolute Gasteiger partial charge is 0.371 e. The molecule has 2 heterocycles. The maximum atomic E-state index is 14.9. The molecule has 3 nitrogen and oxygen atoms in total. The van der Waals surface area contributed by atoms with E-state index < -0.39 is 0 Å². The fraction of sp³-hybridized carbons (Fsp3) is 0.269. The number of halogens is 1. The van der Waals surface area contributed by atoms with E-state index in [0.717, 1.165) is 46.6 Å². The van der Waals surface area contributed by atoms with E-state index in [-0.39, 0.29) is 17.8 Å². The van der Waals surface area contributed by atoms with E-state index in [1.54, 1.807) is 6.07 Å². The van der Waals surface area contributed by atoms with E-state index in [9.17, 15) is 4.39 Å². The number of nitrogens with zero attached hydrogens (tertiary/aromatic N) is 3. The van der Waals surface area contributed by atoms with Crippen molar-refractivity contribution in [2.75, 3.05) is 13.6 Å². The molecular formula is C26H26FN3. The van der Waals surface area contributed by atoms with Crippen LogP contribution >= 0.6 is 0 Å². The van der Waals surface area contributed by atoms with Crippen LogP contribution < -0.4 is 0 Å². The maximum Gasteiger partial charge on any atom is 0.126 e. The van der Waals surface area contributed by atoms with Gasteiger partial charge in [-0.25, -0.2) is 4.39 Å². The first-order valence-corrected chi connectivity index (χ1v) is 10.5. The van der Waals surface area contributed by atoms with Crippen molar-refractivity contribution in [3.63, 3.8) is 0 Å². The van der Waals surface area contributed by atoms with Crippen LogP contribution in [0.3, 0.4) is 0 Å². The molecule has 5 rings (SSSR count). The third kappa shape index (κ3) is 2.74. The summed E-state index contributed by atoms with van der Waals surface area (Å²) in [5, 5.41) is 6.90. The molecule has 0 spiro atoms. The highest BCUT2D eigenvalue weighted by Gasteiger charge is 2.41. The van der Waals surface area contributed by atoms with Crippen molar-refractivity contribution < 1.29 is 4.39 Å². The third-order valence-corrected chi connectivity index (χ3v) is 6.82. The van der Waals surface area contributed by atoms with E-state index >= 15 is 0 Å². The van der Waals surface area contributed by atoms with Gasteiger partial charge in [-0.1, -0.05) is 49.6 Å². The van der Waals surface area contributed by atoms with Gasteiger partial charge in [-0.2, -0.15) is 5.10 Å². The molecule has 3 aliphatic rings. The second-order valence-electron chi connectivity index (χ2n) is 8.47. The molecule has 4 heteroatoms. The summed E-state index contributed by atoms with van der Waals surface area (Å²) in [4.78, 5) is 2.20. The Morgan fingerprint density at radius 3 is 2.63 bits per heavy atom. The number of hydrogen-bond acceptors (Lipinski definition) is 3. The molecule has 0 aromatic heterocycles. The van der Waals surface area contributed by atoms with Gasteiger partial charge >= 0.3 is 0 Å². The summed E-state index contributed by atoms with van der Waals surface area (Å²) in [5.41, 5.74) is 8.42. The van der Waals surface area contributed by atoms with Crippen molar-refractivity contribution in [2.45, 2.75) is 31.7 Å². The van der Waals surface area contributed by atoms with Crippen LogP contribution in [0, 0.1) is 5.82 Å². The van der Waals surface area contributed by atoms with Crippen LogP contribution in [0.2, 0.25) is 0 Å². The first-order chi connectivity index (χ1) is 14.5. The van der Waals surface area contributed by atoms with E-state index in [2.05, 4.69) is 67.4 Å². The van der Waals surface area contributed by atoms with Crippen molar-refractivity contribution in [1.29, 1.82) is 0 Å². The molecule has 0 saturated carbocycles. The minimum Gasteiger partial charge on any atom is -0.371 e. The zero-order chi connectivity index (χ0) is 21.0. The zero-order valence-corrected chi connectivity index (χ0v) is 17.5. The summed E-state index contributed by atoms with van der Waals surface area (Å²) in [6.45, 7) is 11.3. The standard InChI is InChI=1S/C26H26FN3/c1-16-14-28-30-24(15-29(4)18(3)26(30)17(16)2)25-20-9-6-5-8-19(20)12-13-21-22(25)10-7-11-23(21)27/h5-11,14,24-25H,1,3,12-13,15H2,2,4H3. The van der Waals surface area contributed by atoms with Gasteiger partial charge in [0, 0.05) is 19.5 Å². The van der Waals surface area contributed by atoms with Crippen molar-refractivity contribution in [3.05, 3.63) is 106 Å². The SMILES string of the molecule is C=C1C=NN2C(=C1C)C(=C)N(C)CC2C1c2ccccc2CCc2c(F)cccc21. The zero-order valence-electron chi connectivity index (χ0n) is 17.5. The third-order valence-electron chi connectivity index (χ3n) is 6.82. The minimum absolute atomic E-state index is 0.0104. The molecule has 1 aliphatic carbocycles. The Labute approximate surface area is 177 Å². The van der Waals surface area contributed by atoms with Gasteiger partial charge < -0.3 is 4.90 Å². The van der Waals surface area contributed by atoms with E-state index in [1.807, 2.05) is 12.3 Å². The molecule has 30 heavy (non-hydrogen) atoms. The second kappa shape index (κ2) is 6.98. The van der Waals surface area contributed by atoms with Crippen LogP contribution in [-0.2, 0) is 12.8 Å². The lowest BCUT2D eigenvalue weighted by molar-refractivity contribution is 0.154. The highest BCUT2D eigenvalue weighted by molar-refractivity contribution is 5.85. The van der Waals surface area contributed by atoms with Crippen LogP contribution in [0.15, 0.2) is 83.3 Å². The number of hydrogen-bond donors (Lipinski definition) is 0. The molecular weight excluding hydrogens is 373 g/mol. The molecule has 2 aromatic carbocycles. The predicted molar refractivity (Wildman–Crippen MR) is 120 cm³/mol. The lowest BCUT2D eigenvalue weighted by Gasteiger charge is -2.47. The molecule has 152 valence electrons. The first kappa shape index (κ1) is 18.9. The number of likely N-dealkylation sites (N-methyl/N-ethyl adjacent to an activating group) is 1. The van der Waals surface area contributed by atoms with Crippen LogP contribution in [-0.4, -0.2) is 35.8 Å². The number of fused-ring (bicyclic) bond motifs is 3. The van der Waals surface area contributed by atoms with E-state index in [4.69, 9.17) is 5.10 Å². The summed E-state index contributed by atoms with van der Waals surface area (Å²) in [5.74, 6) is -0.0994. The number of aryl methyl sites for hydroxylation is 1. The number of hydrazone groups is 1. The number of rotatable bonds is 1. The molecule has 0 N–H and O–H groups in total. The van der Waals surface area contributed by atoms with Crippen LogP contribution in [0.4, 0.5) is 4.39 Å². The highest BCUT2D eigenvalue weighted by atomic mass is 19.1. The number of piperazine rings is 1. The predicted octanol–water partition coefficient (Wildman–Crippen LogP) is 5.02. The molecule has 1 fully saturated rings. The first-order valence-electron chi connectivity index (χ1n) is 10.5. The summed E-state index contributed by atoms with van der Waals surface area (Å²) in [6.07, 6.45) is 3.39. The monoisotopic (exact) mass is 399 g/mol. The highest BCUT2D eigenvalue weighted by Crippen LogP contribution is 2.44. The Morgan fingerprint density at radius 2 is 1.80 bits per heavy atom. The smallest absolute Gasteiger partial charge is 0.126 e. The van der Waals surface area contributed by atoms with Gasteiger partial charge in [-0.05, 0) is 59.2 Å². The van der Waals surface area contributed by atoms with Crippen molar-refractivity contribution in [1.82, 2.24) is 9.91 Å². The topological polar surface area (TPSA) is 18.8 Å². The van der Waals surface area contributed by atoms with Crippen LogP contribution in [0.1, 0.15) is 35.1 Å². The van der Waals surface area contributed by atoms with E-state index in [1.165, 1.54) is 11.1 Å². The molecule has 0 bridgehead atoms. The Kier molecular flexibility index (Phi) is 4.39. The summed E-state index contributed by atoms with van der Waals surface area (Å²) < 4.78 is 14.9. The quantitative estimate of drug-likeness (QED) is 0.671. The number of allylic oxidation sites excluding steroid dienone is 2. The molecule has 2 atom stereocenters. The Balaban J connectivity index is 1.74. The molecule has 2 aliphatic heterocycles. The van der Waals surface area contributed by atoms with Gasteiger partial charge in [0.2, 0.25) is 0 Å². The van der Waals surface area contributed by atoms with Crippen molar-refractivity contribution >= 4 is 6.21 Å². The molecule has 0 amide bonds. The summed E-state index contributed by atoms with van der Waals surface area (Å²) in [6, 6.07) is 14.1. The van der Waals surface area contributed by atoms with Crippen molar-refractivity contribution in [2.24, 2.45) is 5.10 Å². The maximum absolute atomic E-state index is 14.9. The lowest BCUT2D eigenvalue weighted by atomic mass is 9.80. The van der Waals surface area contributed by atoms with Crippen molar-refractivity contribution in [3.8, 4) is 0 Å². The fourth-order valence-electron chi connectivity index (χ4n) is 5.14. The molecule has 0 radical (unpaired) electrons. The van der Waals surface area contributed by atoms with Crippen LogP contribution in [0.5, 0.6) is 0 Å². The lowest BCUT2D eigenvalue weighted by Crippen LogP contribution is -2.51. The Bertz CT molecular complexity index is 1130. The van der Waals surface area contributed by atoms with Gasteiger partial charge in [0.1, 0.15) is 5.82 Å².